The van der Waals surface area contributed by atoms with Crippen LogP contribution < -0.4 is 10.5 Å². The molecule has 0 amide bonds. The Labute approximate surface area is 93.0 Å². The molecule has 0 aliphatic rings. The van der Waals surface area contributed by atoms with Gasteiger partial charge in [0.05, 0.1) is 12.1 Å². The second-order valence-corrected chi connectivity index (χ2v) is 3.59. The molecule has 84 valence electrons. The maximum Gasteiger partial charge on any atom is 0.167 e. The van der Waals surface area contributed by atoms with Gasteiger partial charge in [0.15, 0.2) is 11.6 Å². The number of halogens is 1. The highest BCUT2D eigenvalue weighted by molar-refractivity contribution is 5.91. The van der Waals surface area contributed by atoms with Gasteiger partial charge in [-0.15, -0.1) is 0 Å². The van der Waals surface area contributed by atoms with Gasteiger partial charge >= 0.3 is 0 Å². The van der Waals surface area contributed by atoms with Crippen LogP contribution >= 0.6 is 0 Å². The van der Waals surface area contributed by atoms with Gasteiger partial charge in [-0.1, -0.05) is 0 Å². The monoisotopic (exact) mass is 220 g/mol. The molecule has 1 aromatic heterocycles. The number of hydrogen-bond donors (Lipinski definition) is 1. The average molecular weight is 220 g/mol. The molecular formula is C12H13FN2O. The standard InChI is InChI=1S/C12H13FN2O/c1-3-16-12-5-8-10(14)4-7(2)15-11(8)6-9(12)13/h4-6H,3H2,1-2H3,(H2,14,15). The van der Waals surface area contributed by atoms with Gasteiger partial charge in [-0.3, -0.25) is 4.98 Å². The molecule has 16 heavy (non-hydrogen) atoms. The normalized spacial score (nSPS) is 10.7. The summed E-state index contributed by atoms with van der Waals surface area (Å²) in [4.78, 5) is 4.22. The Balaban J connectivity index is 2.69. The Morgan fingerprint density at radius 2 is 2.12 bits per heavy atom. The Morgan fingerprint density at radius 1 is 1.38 bits per heavy atom. The number of anilines is 1. The molecule has 0 spiro atoms. The fraction of sp³-hybridized carbons (Fsp3) is 0.250. The van der Waals surface area contributed by atoms with E-state index in [1.807, 2.05) is 6.92 Å². The minimum absolute atomic E-state index is 0.215. The summed E-state index contributed by atoms with van der Waals surface area (Å²) < 4.78 is 18.7. The Hall–Kier alpha value is -1.84. The van der Waals surface area contributed by atoms with Crippen LogP contribution in [0.4, 0.5) is 10.1 Å². The maximum atomic E-state index is 13.6. The summed E-state index contributed by atoms with van der Waals surface area (Å²) in [6.07, 6.45) is 0. The summed E-state index contributed by atoms with van der Waals surface area (Å²) in [6.45, 7) is 4.05. The first kappa shape index (κ1) is 10.7. The quantitative estimate of drug-likeness (QED) is 0.846. The fourth-order valence-electron chi connectivity index (χ4n) is 1.66. The van der Waals surface area contributed by atoms with E-state index in [1.54, 1.807) is 19.1 Å². The van der Waals surface area contributed by atoms with Gasteiger partial charge < -0.3 is 10.5 Å². The molecule has 0 unspecified atom stereocenters. The van der Waals surface area contributed by atoms with Crippen LogP contribution in [0.1, 0.15) is 12.6 Å². The topological polar surface area (TPSA) is 48.1 Å². The van der Waals surface area contributed by atoms with Crippen LogP contribution in [0.5, 0.6) is 5.75 Å². The van der Waals surface area contributed by atoms with E-state index in [-0.39, 0.29) is 5.75 Å². The van der Waals surface area contributed by atoms with Crippen molar-refractivity contribution >= 4 is 16.6 Å². The second kappa shape index (κ2) is 3.96. The highest BCUT2D eigenvalue weighted by Gasteiger charge is 2.08. The van der Waals surface area contributed by atoms with Crippen LogP contribution in [-0.2, 0) is 0 Å². The molecule has 0 bridgehead atoms. The van der Waals surface area contributed by atoms with Crippen LogP contribution in [-0.4, -0.2) is 11.6 Å². The number of aryl methyl sites for hydroxylation is 1. The number of nitrogen functional groups attached to an aromatic ring is 1. The molecule has 0 fully saturated rings. The van der Waals surface area contributed by atoms with Crippen molar-refractivity contribution in [2.75, 3.05) is 12.3 Å². The van der Waals surface area contributed by atoms with Gasteiger partial charge in [0.25, 0.3) is 0 Å². The van der Waals surface area contributed by atoms with E-state index < -0.39 is 5.82 Å². The zero-order valence-electron chi connectivity index (χ0n) is 9.25. The molecule has 0 saturated heterocycles. The minimum Gasteiger partial charge on any atom is -0.491 e. The predicted molar refractivity (Wildman–Crippen MR) is 62.0 cm³/mol. The summed E-state index contributed by atoms with van der Waals surface area (Å²) in [6, 6.07) is 4.70. The van der Waals surface area contributed by atoms with Gasteiger partial charge in [0, 0.05) is 22.8 Å². The molecule has 3 nitrogen and oxygen atoms in total. The number of pyridine rings is 1. The zero-order chi connectivity index (χ0) is 11.7. The lowest BCUT2D eigenvalue weighted by Gasteiger charge is -2.08. The van der Waals surface area contributed by atoms with E-state index >= 15 is 0 Å². The predicted octanol–water partition coefficient (Wildman–Crippen LogP) is 2.66. The Morgan fingerprint density at radius 3 is 2.81 bits per heavy atom. The number of nitrogens with two attached hydrogens (primary N) is 1. The van der Waals surface area contributed by atoms with Gasteiger partial charge in [0.2, 0.25) is 0 Å². The van der Waals surface area contributed by atoms with Crippen molar-refractivity contribution in [3.05, 3.63) is 29.7 Å². The highest BCUT2D eigenvalue weighted by Crippen LogP contribution is 2.27. The molecule has 0 radical (unpaired) electrons. The van der Waals surface area contributed by atoms with Crippen molar-refractivity contribution in [3.63, 3.8) is 0 Å². The number of nitrogens with zero attached hydrogens (tertiary/aromatic N) is 1. The molecule has 0 aliphatic carbocycles. The number of benzene rings is 1. The van der Waals surface area contributed by atoms with Crippen molar-refractivity contribution < 1.29 is 9.13 Å². The fourth-order valence-corrected chi connectivity index (χ4v) is 1.66. The largest absolute Gasteiger partial charge is 0.491 e. The van der Waals surface area contributed by atoms with Crippen LogP contribution in [0, 0.1) is 12.7 Å². The van der Waals surface area contributed by atoms with E-state index in [2.05, 4.69) is 4.98 Å². The number of aromatic nitrogens is 1. The highest BCUT2D eigenvalue weighted by atomic mass is 19.1. The van der Waals surface area contributed by atoms with Gasteiger partial charge in [-0.25, -0.2) is 4.39 Å². The lowest BCUT2D eigenvalue weighted by molar-refractivity contribution is 0.322. The smallest absolute Gasteiger partial charge is 0.167 e. The number of ether oxygens (including phenoxy) is 1. The Bertz CT molecular complexity index is 540. The van der Waals surface area contributed by atoms with E-state index in [4.69, 9.17) is 10.5 Å². The zero-order valence-corrected chi connectivity index (χ0v) is 9.25. The third-order valence-corrected chi connectivity index (χ3v) is 2.32. The summed E-state index contributed by atoms with van der Waals surface area (Å²) in [7, 11) is 0. The minimum atomic E-state index is -0.410. The molecule has 0 atom stereocenters. The van der Waals surface area contributed by atoms with Crippen LogP contribution in [0.25, 0.3) is 10.9 Å². The molecule has 2 N–H and O–H groups in total. The average Bonchev–Trinajstić information content (AvgIpc) is 2.20. The molecular weight excluding hydrogens is 207 g/mol. The van der Waals surface area contributed by atoms with Crippen LogP contribution in [0.15, 0.2) is 18.2 Å². The summed E-state index contributed by atoms with van der Waals surface area (Å²) in [5.74, 6) is -0.195. The molecule has 0 aliphatic heterocycles. The lowest BCUT2D eigenvalue weighted by Crippen LogP contribution is -1.97. The first-order chi connectivity index (χ1) is 7.61. The molecule has 1 heterocycles. The van der Waals surface area contributed by atoms with Crippen molar-refractivity contribution in [1.82, 2.24) is 4.98 Å². The van der Waals surface area contributed by atoms with Gasteiger partial charge in [0.1, 0.15) is 0 Å². The molecule has 2 aromatic rings. The Kier molecular flexibility index (Phi) is 2.64. The third kappa shape index (κ3) is 1.78. The van der Waals surface area contributed by atoms with Crippen molar-refractivity contribution in [2.24, 2.45) is 0 Å². The van der Waals surface area contributed by atoms with Crippen LogP contribution in [0.2, 0.25) is 0 Å². The summed E-state index contributed by atoms with van der Waals surface area (Å²) in [5.41, 5.74) is 7.77. The van der Waals surface area contributed by atoms with Crippen molar-refractivity contribution in [3.8, 4) is 5.75 Å². The molecule has 4 heteroatoms. The first-order valence-corrected chi connectivity index (χ1v) is 5.11. The third-order valence-electron chi connectivity index (χ3n) is 2.32. The van der Waals surface area contributed by atoms with E-state index in [0.717, 1.165) is 11.1 Å². The van der Waals surface area contributed by atoms with Crippen molar-refractivity contribution in [2.45, 2.75) is 13.8 Å². The maximum absolute atomic E-state index is 13.6. The molecule has 2 rings (SSSR count). The number of hydrogen-bond acceptors (Lipinski definition) is 3. The molecule has 1 aromatic carbocycles. The van der Waals surface area contributed by atoms with E-state index in [0.29, 0.717) is 17.8 Å². The number of rotatable bonds is 2. The number of fused-ring (bicyclic) bond motifs is 1. The van der Waals surface area contributed by atoms with Crippen molar-refractivity contribution in [1.29, 1.82) is 0 Å². The lowest BCUT2D eigenvalue weighted by atomic mass is 10.1. The molecule has 0 saturated carbocycles. The summed E-state index contributed by atoms with van der Waals surface area (Å²) in [5, 5.41) is 0.718. The SMILES string of the molecule is CCOc1cc2c(N)cc(C)nc2cc1F. The van der Waals surface area contributed by atoms with Gasteiger partial charge in [-0.05, 0) is 26.0 Å². The van der Waals surface area contributed by atoms with Crippen LogP contribution in [0.3, 0.4) is 0 Å². The van der Waals surface area contributed by atoms with Gasteiger partial charge in [-0.2, -0.15) is 0 Å². The second-order valence-electron chi connectivity index (χ2n) is 3.59. The first-order valence-electron chi connectivity index (χ1n) is 5.11. The van der Waals surface area contributed by atoms with E-state index in [1.165, 1.54) is 6.07 Å². The van der Waals surface area contributed by atoms with E-state index in [9.17, 15) is 4.39 Å². The summed E-state index contributed by atoms with van der Waals surface area (Å²) >= 11 is 0.